The summed E-state index contributed by atoms with van der Waals surface area (Å²) in [5, 5.41) is 0. The number of carbonyl (C=O) groups excluding carboxylic acids is 1. The van der Waals surface area contributed by atoms with Gasteiger partial charge >= 0.3 is 0 Å². The Kier molecular flexibility index (Phi) is 6.74. The van der Waals surface area contributed by atoms with Crippen LogP contribution in [0.2, 0.25) is 0 Å². The lowest BCUT2D eigenvalue weighted by atomic mass is 10.0. The minimum atomic E-state index is 0.116. The Morgan fingerprint density at radius 2 is 1.71 bits per heavy atom. The van der Waals surface area contributed by atoms with Gasteiger partial charge in [0.2, 0.25) is 0 Å². The first-order valence-electron chi connectivity index (χ1n) is 10.3. The molecule has 4 heteroatoms. The monoisotopic (exact) mass is 380 g/mol. The van der Waals surface area contributed by atoms with Crippen LogP contribution in [0.1, 0.15) is 48.2 Å². The number of hydrogen-bond donors (Lipinski definition) is 0. The molecule has 0 aliphatic carbocycles. The van der Waals surface area contributed by atoms with Crippen LogP contribution in [-0.4, -0.2) is 50.0 Å². The first-order valence-corrected chi connectivity index (χ1v) is 10.3. The van der Waals surface area contributed by atoms with E-state index in [1.165, 1.54) is 16.8 Å². The molecule has 0 unspecified atom stereocenters. The molecule has 0 spiro atoms. The minimum absolute atomic E-state index is 0.116. The number of nitrogens with zero attached hydrogens (tertiary/aromatic N) is 2. The SMILES string of the molecule is CC(=O)c1ccc(N2CCN(CCOc3cc(C)ccc3C(C)C)CC2)cc1. The summed E-state index contributed by atoms with van der Waals surface area (Å²) >= 11 is 0. The van der Waals surface area contributed by atoms with Crippen LogP contribution in [0.5, 0.6) is 5.75 Å². The highest BCUT2D eigenvalue weighted by molar-refractivity contribution is 5.94. The number of hydrogen-bond acceptors (Lipinski definition) is 4. The lowest BCUT2D eigenvalue weighted by molar-refractivity contribution is 0.101. The predicted molar refractivity (Wildman–Crippen MR) is 116 cm³/mol. The molecular formula is C24H32N2O2. The van der Waals surface area contributed by atoms with Crippen molar-refractivity contribution in [2.45, 2.75) is 33.6 Å². The Labute approximate surface area is 169 Å². The third-order valence-electron chi connectivity index (χ3n) is 5.47. The molecule has 2 aromatic carbocycles. The second-order valence-corrected chi connectivity index (χ2v) is 7.98. The molecule has 3 rings (SSSR count). The van der Waals surface area contributed by atoms with Crippen LogP contribution in [0.15, 0.2) is 42.5 Å². The summed E-state index contributed by atoms with van der Waals surface area (Å²) < 4.78 is 6.14. The highest BCUT2D eigenvalue weighted by Gasteiger charge is 2.17. The lowest BCUT2D eigenvalue weighted by Gasteiger charge is -2.36. The number of ether oxygens (including phenoxy) is 1. The van der Waals surface area contributed by atoms with E-state index in [2.05, 4.69) is 60.9 Å². The number of aryl methyl sites for hydroxylation is 1. The van der Waals surface area contributed by atoms with Gasteiger partial charge in [0, 0.05) is 44.0 Å². The normalized spacial score (nSPS) is 15.1. The van der Waals surface area contributed by atoms with Gasteiger partial charge in [0.25, 0.3) is 0 Å². The fourth-order valence-electron chi connectivity index (χ4n) is 3.66. The highest BCUT2D eigenvalue weighted by atomic mass is 16.5. The van der Waals surface area contributed by atoms with Crippen molar-refractivity contribution in [2.24, 2.45) is 0 Å². The fraction of sp³-hybridized carbons (Fsp3) is 0.458. The Balaban J connectivity index is 1.47. The average Bonchev–Trinajstić information content (AvgIpc) is 2.68. The van der Waals surface area contributed by atoms with E-state index in [4.69, 9.17) is 4.74 Å². The number of rotatable bonds is 7. The number of ketones is 1. The second kappa shape index (κ2) is 9.24. The molecular weight excluding hydrogens is 348 g/mol. The largest absolute Gasteiger partial charge is 0.492 e. The second-order valence-electron chi connectivity index (χ2n) is 7.98. The van der Waals surface area contributed by atoms with E-state index in [9.17, 15) is 4.79 Å². The predicted octanol–water partition coefficient (Wildman–Crippen LogP) is 4.52. The molecule has 0 atom stereocenters. The van der Waals surface area contributed by atoms with E-state index in [-0.39, 0.29) is 5.78 Å². The average molecular weight is 381 g/mol. The number of piperazine rings is 1. The van der Waals surface area contributed by atoms with Gasteiger partial charge in [-0.05, 0) is 61.2 Å². The van der Waals surface area contributed by atoms with Gasteiger partial charge in [-0.25, -0.2) is 0 Å². The Hall–Kier alpha value is -2.33. The zero-order valence-corrected chi connectivity index (χ0v) is 17.6. The molecule has 0 N–H and O–H groups in total. The van der Waals surface area contributed by atoms with E-state index in [0.29, 0.717) is 5.92 Å². The molecule has 2 aromatic rings. The molecule has 1 aliphatic heterocycles. The minimum Gasteiger partial charge on any atom is -0.492 e. The molecule has 1 fully saturated rings. The van der Waals surface area contributed by atoms with Crippen molar-refractivity contribution in [3.63, 3.8) is 0 Å². The summed E-state index contributed by atoms with van der Waals surface area (Å²) in [6.45, 7) is 13.9. The smallest absolute Gasteiger partial charge is 0.159 e. The molecule has 0 saturated carbocycles. The van der Waals surface area contributed by atoms with Crippen molar-refractivity contribution in [1.29, 1.82) is 0 Å². The Bertz CT molecular complexity index is 791. The molecule has 28 heavy (non-hydrogen) atoms. The van der Waals surface area contributed by atoms with E-state index in [0.717, 1.165) is 50.6 Å². The molecule has 0 amide bonds. The number of Topliss-reactive ketones (excluding diaryl/α,β-unsaturated/α-hetero) is 1. The molecule has 4 nitrogen and oxygen atoms in total. The van der Waals surface area contributed by atoms with Gasteiger partial charge in [0.15, 0.2) is 5.78 Å². The first-order chi connectivity index (χ1) is 13.4. The number of anilines is 1. The number of benzene rings is 2. The summed E-state index contributed by atoms with van der Waals surface area (Å²) in [7, 11) is 0. The van der Waals surface area contributed by atoms with Gasteiger partial charge in [0.1, 0.15) is 12.4 Å². The van der Waals surface area contributed by atoms with Crippen molar-refractivity contribution in [2.75, 3.05) is 44.2 Å². The standard InChI is InChI=1S/C24H32N2O2/c1-18(2)23-10-5-19(3)17-24(23)28-16-15-25-11-13-26(14-12-25)22-8-6-21(7-9-22)20(4)27/h5-10,17-18H,11-16H2,1-4H3. The zero-order valence-electron chi connectivity index (χ0n) is 17.6. The van der Waals surface area contributed by atoms with Gasteiger partial charge < -0.3 is 9.64 Å². The van der Waals surface area contributed by atoms with Crippen LogP contribution in [0.4, 0.5) is 5.69 Å². The van der Waals surface area contributed by atoms with Crippen LogP contribution < -0.4 is 9.64 Å². The lowest BCUT2D eigenvalue weighted by Crippen LogP contribution is -2.47. The van der Waals surface area contributed by atoms with E-state index >= 15 is 0 Å². The van der Waals surface area contributed by atoms with Crippen LogP contribution in [0.3, 0.4) is 0 Å². The summed E-state index contributed by atoms with van der Waals surface area (Å²) in [5.41, 5.74) is 4.49. The topological polar surface area (TPSA) is 32.8 Å². The van der Waals surface area contributed by atoms with Gasteiger partial charge in [0.05, 0.1) is 0 Å². The molecule has 0 aromatic heterocycles. The maximum absolute atomic E-state index is 11.4. The van der Waals surface area contributed by atoms with E-state index in [1.54, 1.807) is 6.92 Å². The third-order valence-corrected chi connectivity index (χ3v) is 5.47. The van der Waals surface area contributed by atoms with E-state index in [1.807, 2.05) is 12.1 Å². The van der Waals surface area contributed by atoms with Crippen molar-refractivity contribution < 1.29 is 9.53 Å². The summed E-state index contributed by atoms with van der Waals surface area (Å²) in [6, 6.07) is 14.5. The third kappa shape index (κ3) is 5.14. The maximum Gasteiger partial charge on any atom is 0.159 e. The van der Waals surface area contributed by atoms with Crippen LogP contribution in [0, 0.1) is 6.92 Å². The van der Waals surface area contributed by atoms with Gasteiger partial charge in [-0.3, -0.25) is 9.69 Å². The van der Waals surface area contributed by atoms with Crippen molar-refractivity contribution >= 4 is 11.5 Å². The van der Waals surface area contributed by atoms with Crippen LogP contribution >= 0.6 is 0 Å². The van der Waals surface area contributed by atoms with Gasteiger partial charge in [-0.1, -0.05) is 26.0 Å². The van der Waals surface area contributed by atoms with Crippen molar-refractivity contribution in [3.8, 4) is 5.75 Å². The summed E-state index contributed by atoms with van der Waals surface area (Å²) in [5.74, 6) is 1.61. The molecule has 0 bridgehead atoms. The molecule has 0 radical (unpaired) electrons. The van der Waals surface area contributed by atoms with E-state index < -0.39 is 0 Å². The zero-order chi connectivity index (χ0) is 20.1. The molecule has 1 aliphatic rings. The van der Waals surface area contributed by atoms with Gasteiger partial charge in [-0.2, -0.15) is 0 Å². The summed E-state index contributed by atoms with van der Waals surface area (Å²) in [4.78, 5) is 16.3. The number of carbonyl (C=O) groups is 1. The Morgan fingerprint density at radius 1 is 1.04 bits per heavy atom. The molecule has 1 saturated heterocycles. The first kappa shape index (κ1) is 20.4. The van der Waals surface area contributed by atoms with Gasteiger partial charge in [-0.15, -0.1) is 0 Å². The molecule has 150 valence electrons. The van der Waals surface area contributed by atoms with Crippen LogP contribution in [-0.2, 0) is 0 Å². The fourth-order valence-corrected chi connectivity index (χ4v) is 3.66. The van der Waals surface area contributed by atoms with Crippen molar-refractivity contribution in [1.82, 2.24) is 4.90 Å². The van der Waals surface area contributed by atoms with Crippen LogP contribution in [0.25, 0.3) is 0 Å². The molecule has 1 heterocycles. The maximum atomic E-state index is 11.4. The summed E-state index contributed by atoms with van der Waals surface area (Å²) in [6.07, 6.45) is 0. The highest BCUT2D eigenvalue weighted by Crippen LogP contribution is 2.27. The van der Waals surface area contributed by atoms with Crippen molar-refractivity contribution in [3.05, 3.63) is 59.2 Å². The Morgan fingerprint density at radius 3 is 2.32 bits per heavy atom. The quantitative estimate of drug-likeness (QED) is 0.661.